The van der Waals surface area contributed by atoms with Crippen molar-refractivity contribution in [3.63, 3.8) is 0 Å². The van der Waals surface area contributed by atoms with Gasteiger partial charge in [0.25, 0.3) is 0 Å². The molecule has 1 atom stereocenters. The van der Waals surface area contributed by atoms with Crippen molar-refractivity contribution in [3.05, 3.63) is 42.5 Å². The minimum absolute atomic E-state index is 0.262. The fourth-order valence-corrected chi connectivity index (χ4v) is 2.94. The zero-order valence-corrected chi connectivity index (χ0v) is 15.5. The molecule has 1 unspecified atom stereocenters. The van der Waals surface area contributed by atoms with Crippen molar-refractivity contribution in [1.29, 1.82) is 0 Å². The molecule has 4 nitrogen and oxygen atoms in total. The summed E-state index contributed by atoms with van der Waals surface area (Å²) in [6.07, 6.45) is 0.671. The summed E-state index contributed by atoms with van der Waals surface area (Å²) in [5.41, 5.74) is -0.658. The molecule has 2 aromatic carbocycles. The van der Waals surface area contributed by atoms with Crippen LogP contribution in [0.1, 0.15) is 34.1 Å². The summed E-state index contributed by atoms with van der Waals surface area (Å²) in [6, 6.07) is 14.1. The molecule has 2 aromatic rings. The molecule has 1 aliphatic rings. The average molecular weight is 342 g/mol. The molecule has 134 valence electrons. The van der Waals surface area contributed by atoms with Crippen LogP contribution < -0.4 is 4.74 Å². The van der Waals surface area contributed by atoms with Gasteiger partial charge in [0.15, 0.2) is 0 Å². The first-order chi connectivity index (χ1) is 11.8. The SMILES string of the molecule is CC1(C)OB(CCC(O)COc2ccc3ccccc3c2)OC1(C)C. The summed E-state index contributed by atoms with van der Waals surface area (Å²) in [5, 5.41) is 12.5. The first-order valence-electron chi connectivity index (χ1n) is 8.92. The van der Waals surface area contributed by atoms with Crippen molar-refractivity contribution in [2.24, 2.45) is 0 Å². The zero-order valence-electron chi connectivity index (χ0n) is 15.5. The predicted octanol–water partition coefficient (Wildman–Crippen LogP) is 4.06. The molecular weight excluding hydrogens is 315 g/mol. The number of benzene rings is 2. The lowest BCUT2D eigenvalue weighted by atomic mass is 9.82. The van der Waals surface area contributed by atoms with Gasteiger partial charge in [0.1, 0.15) is 12.4 Å². The van der Waals surface area contributed by atoms with E-state index in [-0.39, 0.29) is 24.9 Å². The molecule has 5 heteroatoms. The van der Waals surface area contributed by atoms with E-state index in [1.54, 1.807) is 0 Å². The van der Waals surface area contributed by atoms with Crippen LogP contribution >= 0.6 is 0 Å². The lowest BCUT2D eigenvalue weighted by Crippen LogP contribution is -2.41. The van der Waals surface area contributed by atoms with Gasteiger partial charge in [-0.15, -0.1) is 0 Å². The second-order valence-corrected chi connectivity index (χ2v) is 7.74. The molecule has 0 amide bonds. The average Bonchev–Trinajstić information content (AvgIpc) is 2.78. The van der Waals surface area contributed by atoms with Crippen LogP contribution in [0.25, 0.3) is 10.8 Å². The number of aliphatic hydroxyl groups is 1. The number of hydrogen-bond acceptors (Lipinski definition) is 4. The summed E-state index contributed by atoms with van der Waals surface area (Å²) in [7, 11) is -0.277. The lowest BCUT2D eigenvalue weighted by Gasteiger charge is -2.32. The Hall–Kier alpha value is -1.56. The third-order valence-corrected chi connectivity index (χ3v) is 5.20. The number of aliphatic hydroxyl groups excluding tert-OH is 1. The van der Waals surface area contributed by atoms with Crippen molar-refractivity contribution in [3.8, 4) is 5.75 Å². The number of rotatable bonds is 6. The molecular formula is C20H27BO4. The monoisotopic (exact) mass is 342 g/mol. The molecule has 1 aliphatic heterocycles. The molecule has 1 heterocycles. The smallest absolute Gasteiger partial charge is 0.457 e. The maximum absolute atomic E-state index is 10.2. The van der Waals surface area contributed by atoms with E-state index in [9.17, 15) is 5.11 Å². The Balaban J connectivity index is 1.47. The molecule has 0 aliphatic carbocycles. The van der Waals surface area contributed by atoms with Crippen LogP contribution in [0, 0.1) is 0 Å². The molecule has 1 N–H and O–H groups in total. The highest BCUT2D eigenvalue weighted by atomic mass is 16.7. The van der Waals surface area contributed by atoms with Gasteiger partial charge in [-0.3, -0.25) is 0 Å². The first-order valence-corrected chi connectivity index (χ1v) is 8.92. The molecule has 0 aromatic heterocycles. The van der Waals surface area contributed by atoms with Crippen molar-refractivity contribution in [2.45, 2.75) is 57.7 Å². The Bertz CT molecular complexity index is 712. The van der Waals surface area contributed by atoms with Crippen LogP contribution in [0.5, 0.6) is 5.75 Å². The minimum Gasteiger partial charge on any atom is -0.491 e. The van der Waals surface area contributed by atoms with E-state index >= 15 is 0 Å². The quantitative estimate of drug-likeness (QED) is 0.804. The summed E-state index contributed by atoms with van der Waals surface area (Å²) in [6.45, 7) is 8.40. The van der Waals surface area contributed by atoms with Gasteiger partial charge in [0.2, 0.25) is 0 Å². The second-order valence-electron chi connectivity index (χ2n) is 7.74. The number of ether oxygens (including phenoxy) is 1. The standard InChI is InChI=1S/C20H27BO4/c1-19(2)20(3,4)25-21(24-19)12-11-17(22)14-23-18-10-9-15-7-5-6-8-16(15)13-18/h5-10,13,17,22H,11-12,14H2,1-4H3. The fraction of sp³-hybridized carbons (Fsp3) is 0.500. The minimum atomic E-state index is -0.550. The summed E-state index contributed by atoms with van der Waals surface area (Å²) in [5.74, 6) is 0.772. The molecule has 3 rings (SSSR count). The highest BCUT2D eigenvalue weighted by molar-refractivity contribution is 6.45. The van der Waals surface area contributed by atoms with Crippen LogP contribution in [0.4, 0.5) is 0 Å². The van der Waals surface area contributed by atoms with E-state index in [0.29, 0.717) is 12.7 Å². The molecule has 1 saturated heterocycles. The number of hydrogen-bond donors (Lipinski definition) is 1. The van der Waals surface area contributed by atoms with Gasteiger partial charge in [0, 0.05) is 0 Å². The van der Waals surface area contributed by atoms with Crippen molar-refractivity contribution < 1.29 is 19.2 Å². The Morgan fingerprint density at radius 1 is 1.00 bits per heavy atom. The van der Waals surface area contributed by atoms with Crippen LogP contribution in [0.3, 0.4) is 0 Å². The van der Waals surface area contributed by atoms with E-state index in [4.69, 9.17) is 14.0 Å². The van der Waals surface area contributed by atoms with Crippen LogP contribution in [-0.4, -0.2) is 36.1 Å². The van der Waals surface area contributed by atoms with Gasteiger partial charge >= 0.3 is 7.12 Å². The van der Waals surface area contributed by atoms with Gasteiger partial charge < -0.3 is 19.2 Å². The van der Waals surface area contributed by atoms with Gasteiger partial charge in [-0.1, -0.05) is 30.3 Å². The van der Waals surface area contributed by atoms with Crippen LogP contribution in [0.15, 0.2) is 42.5 Å². The Morgan fingerprint density at radius 2 is 1.64 bits per heavy atom. The van der Waals surface area contributed by atoms with Gasteiger partial charge in [0.05, 0.1) is 17.3 Å². The topological polar surface area (TPSA) is 47.9 Å². The van der Waals surface area contributed by atoms with E-state index in [2.05, 4.69) is 12.1 Å². The van der Waals surface area contributed by atoms with Crippen molar-refractivity contribution in [2.75, 3.05) is 6.61 Å². The van der Waals surface area contributed by atoms with Gasteiger partial charge in [-0.2, -0.15) is 0 Å². The Kier molecular flexibility index (Phi) is 5.10. The molecule has 0 radical (unpaired) electrons. The maximum atomic E-state index is 10.2. The molecule has 0 spiro atoms. The van der Waals surface area contributed by atoms with E-state index < -0.39 is 6.10 Å². The third-order valence-electron chi connectivity index (χ3n) is 5.20. The highest BCUT2D eigenvalue weighted by Crippen LogP contribution is 2.38. The highest BCUT2D eigenvalue weighted by Gasteiger charge is 2.50. The Labute approximate surface area is 150 Å². The molecule has 0 saturated carbocycles. The third kappa shape index (κ3) is 4.17. The number of fused-ring (bicyclic) bond motifs is 1. The fourth-order valence-electron chi connectivity index (χ4n) is 2.94. The molecule has 1 fully saturated rings. The van der Waals surface area contributed by atoms with E-state index in [1.807, 2.05) is 58.0 Å². The summed E-state index contributed by atoms with van der Waals surface area (Å²) < 4.78 is 17.6. The zero-order chi connectivity index (χ0) is 18.1. The summed E-state index contributed by atoms with van der Waals surface area (Å²) in [4.78, 5) is 0. The Morgan fingerprint density at radius 3 is 2.32 bits per heavy atom. The van der Waals surface area contributed by atoms with E-state index in [1.165, 1.54) is 5.39 Å². The second kappa shape index (κ2) is 6.98. The van der Waals surface area contributed by atoms with Crippen molar-refractivity contribution in [1.82, 2.24) is 0 Å². The summed E-state index contributed by atoms with van der Waals surface area (Å²) >= 11 is 0. The van der Waals surface area contributed by atoms with Crippen LogP contribution in [0.2, 0.25) is 6.32 Å². The normalized spacial score (nSPS) is 20.0. The van der Waals surface area contributed by atoms with Crippen molar-refractivity contribution >= 4 is 17.9 Å². The predicted molar refractivity (Wildman–Crippen MR) is 101 cm³/mol. The van der Waals surface area contributed by atoms with Gasteiger partial charge in [-0.25, -0.2) is 0 Å². The maximum Gasteiger partial charge on any atom is 0.457 e. The first kappa shape index (κ1) is 18.2. The molecule has 25 heavy (non-hydrogen) atoms. The lowest BCUT2D eigenvalue weighted by molar-refractivity contribution is 0.00578. The molecule has 0 bridgehead atoms. The van der Waals surface area contributed by atoms with Gasteiger partial charge in [-0.05, 0) is 63.3 Å². The van der Waals surface area contributed by atoms with E-state index in [0.717, 1.165) is 11.1 Å². The largest absolute Gasteiger partial charge is 0.491 e. The van der Waals surface area contributed by atoms with Crippen LogP contribution in [-0.2, 0) is 9.31 Å².